The Kier molecular flexibility index (Phi) is 4.37. The number of nitrogens with zero attached hydrogens (tertiary/aromatic N) is 1. The van der Waals surface area contributed by atoms with Crippen molar-refractivity contribution in [3.8, 4) is 0 Å². The number of hydrogen-bond acceptors (Lipinski definition) is 2. The van der Waals surface area contributed by atoms with Gasteiger partial charge in [0.25, 0.3) is 0 Å². The maximum atomic E-state index is 11.7. The molecule has 1 aliphatic rings. The van der Waals surface area contributed by atoms with Gasteiger partial charge in [0.15, 0.2) is 5.78 Å². The number of rotatable bonds is 6. The van der Waals surface area contributed by atoms with Gasteiger partial charge < -0.3 is 9.30 Å². The van der Waals surface area contributed by atoms with E-state index >= 15 is 0 Å². The normalized spacial score (nSPS) is 15.0. The zero-order valence-corrected chi connectivity index (χ0v) is 10.6. The highest BCUT2D eigenvalue weighted by Gasteiger charge is 2.19. The molecule has 1 aromatic rings. The lowest BCUT2D eigenvalue weighted by atomic mass is 9.97. The molecular weight excluding hydrogens is 214 g/mol. The second-order valence-electron chi connectivity index (χ2n) is 4.70. The topological polar surface area (TPSA) is 31.2 Å². The number of aryl methyl sites for hydroxylation is 1. The van der Waals surface area contributed by atoms with E-state index in [1.165, 1.54) is 18.5 Å². The lowest BCUT2D eigenvalue weighted by Gasteiger charge is -2.14. The molecule has 0 aromatic carbocycles. The third-order valence-electron chi connectivity index (χ3n) is 3.44. The van der Waals surface area contributed by atoms with Crippen LogP contribution in [0.3, 0.4) is 0 Å². The van der Waals surface area contributed by atoms with Crippen molar-refractivity contribution in [3.05, 3.63) is 23.5 Å². The van der Waals surface area contributed by atoms with Gasteiger partial charge in [-0.3, -0.25) is 4.79 Å². The van der Waals surface area contributed by atoms with Gasteiger partial charge in [-0.05, 0) is 38.2 Å². The van der Waals surface area contributed by atoms with Crippen molar-refractivity contribution in [2.24, 2.45) is 0 Å². The predicted octanol–water partition coefficient (Wildman–Crippen LogP) is 2.82. The minimum Gasteiger partial charge on any atom is -0.385 e. The largest absolute Gasteiger partial charge is 0.385 e. The molecule has 0 radical (unpaired) electrons. The van der Waals surface area contributed by atoms with Gasteiger partial charge in [-0.1, -0.05) is 0 Å². The summed E-state index contributed by atoms with van der Waals surface area (Å²) in [6.45, 7) is 1.88. The lowest BCUT2D eigenvalue weighted by Crippen LogP contribution is -2.13. The van der Waals surface area contributed by atoms with Crippen LogP contribution in [0.15, 0.2) is 12.3 Å². The number of carbonyl (C=O) groups is 1. The number of ketones is 1. The Bertz CT molecular complexity index is 382. The highest BCUT2D eigenvalue weighted by molar-refractivity contribution is 5.98. The molecular formula is C14H21NO2. The fourth-order valence-electron chi connectivity index (χ4n) is 2.50. The first-order valence-corrected chi connectivity index (χ1v) is 6.53. The fraction of sp³-hybridized carbons (Fsp3) is 0.643. The summed E-state index contributed by atoms with van der Waals surface area (Å²) in [6, 6.07) is 1.99. The van der Waals surface area contributed by atoms with Crippen molar-refractivity contribution in [3.63, 3.8) is 0 Å². The molecule has 0 atom stereocenters. The number of ether oxygens (including phenoxy) is 1. The minimum atomic E-state index is 0.324. The fourth-order valence-corrected chi connectivity index (χ4v) is 2.50. The molecule has 0 bridgehead atoms. The van der Waals surface area contributed by atoms with Crippen molar-refractivity contribution in [2.75, 3.05) is 13.7 Å². The van der Waals surface area contributed by atoms with E-state index in [2.05, 4.69) is 10.8 Å². The van der Waals surface area contributed by atoms with Gasteiger partial charge in [0.2, 0.25) is 0 Å². The summed E-state index contributed by atoms with van der Waals surface area (Å²) in [6.07, 6.45) is 8.35. The van der Waals surface area contributed by atoms with Crippen LogP contribution >= 0.6 is 0 Å². The molecule has 3 heteroatoms. The van der Waals surface area contributed by atoms with Crippen LogP contribution in [0.5, 0.6) is 0 Å². The second-order valence-corrected chi connectivity index (χ2v) is 4.70. The summed E-state index contributed by atoms with van der Waals surface area (Å²) < 4.78 is 7.30. The van der Waals surface area contributed by atoms with Gasteiger partial charge in [-0.15, -0.1) is 0 Å². The first-order chi connectivity index (χ1) is 8.33. The van der Waals surface area contributed by atoms with Crippen LogP contribution in [-0.4, -0.2) is 24.1 Å². The molecule has 1 aromatic heterocycles. The third kappa shape index (κ3) is 2.97. The molecule has 0 saturated carbocycles. The molecule has 0 amide bonds. The molecule has 1 heterocycles. The number of fused-ring (bicyclic) bond motifs is 1. The monoisotopic (exact) mass is 235 g/mol. The molecule has 0 aliphatic heterocycles. The summed E-state index contributed by atoms with van der Waals surface area (Å²) >= 11 is 0. The SMILES string of the molecule is COCCCCCn1ccc2c1CCCC2=O. The van der Waals surface area contributed by atoms with E-state index in [-0.39, 0.29) is 0 Å². The maximum Gasteiger partial charge on any atom is 0.164 e. The molecule has 0 unspecified atom stereocenters. The highest BCUT2D eigenvalue weighted by Crippen LogP contribution is 2.22. The Morgan fingerprint density at radius 2 is 2.18 bits per heavy atom. The number of carbonyl (C=O) groups excluding carboxylic acids is 1. The van der Waals surface area contributed by atoms with E-state index in [9.17, 15) is 4.79 Å². The Morgan fingerprint density at radius 1 is 1.29 bits per heavy atom. The van der Waals surface area contributed by atoms with Crippen LogP contribution < -0.4 is 0 Å². The van der Waals surface area contributed by atoms with Crippen molar-refractivity contribution >= 4 is 5.78 Å². The molecule has 1 aliphatic carbocycles. The van der Waals surface area contributed by atoms with Crippen LogP contribution in [0.2, 0.25) is 0 Å². The average Bonchev–Trinajstić information content (AvgIpc) is 2.74. The molecule has 0 saturated heterocycles. The van der Waals surface area contributed by atoms with Gasteiger partial charge >= 0.3 is 0 Å². The molecule has 0 N–H and O–H groups in total. The molecule has 94 valence electrons. The van der Waals surface area contributed by atoms with E-state index in [0.717, 1.165) is 44.4 Å². The number of Topliss-reactive ketones (excluding diaryl/α,β-unsaturated/α-hetero) is 1. The van der Waals surface area contributed by atoms with Crippen LogP contribution in [0.25, 0.3) is 0 Å². The smallest absolute Gasteiger partial charge is 0.164 e. The van der Waals surface area contributed by atoms with Crippen LogP contribution in [0.4, 0.5) is 0 Å². The number of aromatic nitrogens is 1. The quantitative estimate of drug-likeness (QED) is 0.710. The average molecular weight is 235 g/mol. The van der Waals surface area contributed by atoms with Crippen LogP contribution in [0, 0.1) is 0 Å². The summed E-state index contributed by atoms with van der Waals surface area (Å²) in [5, 5.41) is 0. The van der Waals surface area contributed by atoms with Crippen molar-refractivity contribution in [1.29, 1.82) is 0 Å². The number of methoxy groups -OCH3 is 1. The van der Waals surface area contributed by atoms with Crippen molar-refractivity contribution in [1.82, 2.24) is 4.57 Å². The third-order valence-corrected chi connectivity index (χ3v) is 3.44. The first-order valence-electron chi connectivity index (χ1n) is 6.53. The van der Waals surface area contributed by atoms with E-state index < -0.39 is 0 Å². The van der Waals surface area contributed by atoms with E-state index in [4.69, 9.17) is 4.74 Å². The van der Waals surface area contributed by atoms with E-state index in [1.54, 1.807) is 7.11 Å². The summed E-state index contributed by atoms with van der Waals surface area (Å²) in [7, 11) is 1.74. The van der Waals surface area contributed by atoms with Gasteiger partial charge in [0.05, 0.1) is 0 Å². The molecule has 2 rings (SSSR count). The van der Waals surface area contributed by atoms with Gasteiger partial charge in [-0.2, -0.15) is 0 Å². The van der Waals surface area contributed by atoms with Crippen molar-refractivity contribution in [2.45, 2.75) is 45.1 Å². The lowest BCUT2D eigenvalue weighted by molar-refractivity contribution is 0.0971. The van der Waals surface area contributed by atoms with Gasteiger partial charge in [0, 0.05) is 44.1 Å². The van der Waals surface area contributed by atoms with Crippen LogP contribution in [0.1, 0.15) is 48.2 Å². The first kappa shape index (κ1) is 12.4. The summed E-state index contributed by atoms with van der Waals surface area (Å²) in [5.41, 5.74) is 2.22. The Hall–Kier alpha value is -1.09. The zero-order valence-electron chi connectivity index (χ0n) is 10.6. The standard InChI is InChI=1S/C14H21NO2/c1-17-11-4-2-3-9-15-10-8-12-13(15)6-5-7-14(12)16/h8,10H,2-7,9,11H2,1H3. The second kappa shape index (κ2) is 6.01. The molecule has 17 heavy (non-hydrogen) atoms. The molecule has 0 spiro atoms. The Balaban J connectivity index is 1.87. The minimum absolute atomic E-state index is 0.324. The van der Waals surface area contributed by atoms with Gasteiger partial charge in [0.1, 0.15) is 0 Å². The molecule has 3 nitrogen and oxygen atoms in total. The van der Waals surface area contributed by atoms with Crippen molar-refractivity contribution < 1.29 is 9.53 Å². The predicted molar refractivity (Wildman–Crippen MR) is 67.4 cm³/mol. The summed E-state index contributed by atoms with van der Waals surface area (Å²) in [4.78, 5) is 11.7. The van der Waals surface area contributed by atoms with E-state index in [1.807, 2.05) is 6.07 Å². The zero-order chi connectivity index (χ0) is 12.1. The highest BCUT2D eigenvalue weighted by atomic mass is 16.5. The Morgan fingerprint density at radius 3 is 3.00 bits per heavy atom. The number of unbranched alkanes of at least 4 members (excludes halogenated alkanes) is 2. The molecule has 0 fully saturated rings. The van der Waals surface area contributed by atoms with E-state index in [0.29, 0.717) is 5.78 Å². The number of hydrogen-bond donors (Lipinski definition) is 0. The maximum absolute atomic E-state index is 11.7. The van der Waals surface area contributed by atoms with Gasteiger partial charge in [-0.25, -0.2) is 0 Å². The summed E-state index contributed by atoms with van der Waals surface area (Å²) in [5.74, 6) is 0.324. The van der Waals surface area contributed by atoms with Crippen LogP contribution in [-0.2, 0) is 17.7 Å². The Labute approximate surface area is 103 Å².